The third-order valence-corrected chi connectivity index (χ3v) is 12.3. The molecule has 1 heterocycles. The summed E-state index contributed by atoms with van der Waals surface area (Å²) in [5.74, 6) is 0. The van der Waals surface area contributed by atoms with E-state index in [-0.39, 0.29) is 0 Å². The number of benzene rings is 9. The van der Waals surface area contributed by atoms with Crippen molar-refractivity contribution >= 4 is 53.1 Å². The van der Waals surface area contributed by atoms with Gasteiger partial charge in [-0.05, 0) is 106 Å². The van der Waals surface area contributed by atoms with Crippen LogP contribution in [0, 0.1) is 6.92 Å². The molecule has 0 radical (unpaired) electrons. The van der Waals surface area contributed by atoms with Gasteiger partial charge in [-0.1, -0.05) is 216 Å². The van der Waals surface area contributed by atoms with Crippen LogP contribution in [0.2, 0.25) is 0 Å². The van der Waals surface area contributed by atoms with Gasteiger partial charge in [0, 0.05) is 30.3 Å². The molecule has 0 bridgehead atoms. The van der Waals surface area contributed by atoms with Crippen molar-refractivity contribution in [3.63, 3.8) is 0 Å². The van der Waals surface area contributed by atoms with Crippen LogP contribution in [0.25, 0.3) is 53.6 Å². The van der Waals surface area contributed by atoms with Crippen LogP contribution >= 0.6 is 27.3 Å². The van der Waals surface area contributed by atoms with E-state index in [1.807, 2.05) is 72.0 Å². The number of hydrogen-bond donors (Lipinski definition) is 1. The van der Waals surface area contributed by atoms with Crippen LogP contribution in [0.3, 0.4) is 0 Å². The lowest BCUT2D eigenvalue weighted by atomic mass is 9.97. The van der Waals surface area contributed by atoms with Gasteiger partial charge in [-0.15, -0.1) is 11.3 Å². The molecule has 0 atom stereocenters. The number of halogens is 1. The smallest absolute Gasteiger partial charge is 0.0366 e. The molecule has 9 aromatic carbocycles. The summed E-state index contributed by atoms with van der Waals surface area (Å²) < 4.78 is 3.86. The number of hydrogen-bond acceptors (Lipinski definition) is 2. The van der Waals surface area contributed by atoms with Crippen LogP contribution in [-0.4, -0.2) is 0 Å². The summed E-state index contributed by atoms with van der Waals surface area (Å²) in [7, 11) is 0. The predicted molar refractivity (Wildman–Crippen MR) is 264 cm³/mol. The lowest BCUT2D eigenvalue weighted by molar-refractivity contribution is 1.17. The molecule has 11 rings (SSSR count). The SMILES string of the molecule is Brc1ccc2c(c1)sc1ccccc12.Cc1ccccc1.Nc1ccc(-c2ccccc2)cc1.c1ccc(-c2ccc(Cc3ccc4c(c3)Cc3ccccc3-4)cc2)cc1. The Morgan fingerprint density at radius 3 is 1.60 bits per heavy atom. The van der Waals surface area contributed by atoms with Crippen molar-refractivity contribution in [3.05, 3.63) is 257 Å². The van der Waals surface area contributed by atoms with Gasteiger partial charge < -0.3 is 5.73 Å². The third kappa shape index (κ3) is 10.2. The second-order valence-corrected chi connectivity index (χ2v) is 16.9. The van der Waals surface area contributed by atoms with Crippen molar-refractivity contribution < 1.29 is 0 Å². The molecular weight excluding hydrogens is 811 g/mol. The Morgan fingerprint density at radius 2 is 0.950 bits per heavy atom. The Bertz CT molecular complexity index is 2920. The average Bonchev–Trinajstić information content (AvgIpc) is 3.86. The van der Waals surface area contributed by atoms with Crippen molar-refractivity contribution in [1.82, 2.24) is 0 Å². The molecule has 10 aromatic rings. The van der Waals surface area contributed by atoms with Crippen LogP contribution in [0.1, 0.15) is 27.8 Å². The molecule has 2 N–H and O–H groups in total. The van der Waals surface area contributed by atoms with Gasteiger partial charge in [-0.25, -0.2) is 0 Å². The summed E-state index contributed by atoms with van der Waals surface area (Å²) in [4.78, 5) is 0. The van der Waals surface area contributed by atoms with Gasteiger partial charge in [0.05, 0.1) is 0 Å². The molecular formula is C57H46BrNS. The van der Waals surface area contributed by atoms with E-state index in [1.54, 1.807) is 0 Å². The summed E-state index contributed by atoms with van der Waals surface area (Å²) in [6.45, 7) is 2.08. The maximum absolute atomic E-state index is 5.60. The number of anilines is 1. The highest BCUT2D eigenvalue weighted by Crippen LogP contribution is 2.37. The number of aryl methyl sites for hydroxylation is 1. The summed E-state index contributed by atoms with van der Waals surface area (Å²) in [6.07, 6.45) is 2.05. The Labute approximate surface area is 366 Å². The molecule has 0 spiro atoms. The zero-order valence-electron chi connectivity index (χ0n) is 33.6. The van der Waals surface area contributed by atoms with Gasteiger partial charge in [0.25, 0.3) is 0 Å². The van der Waals surface area contributed by atoms with Crippen molar-refractivity contribution in [3.8, 4) is 33.4 Å². The largest absolute Gasteiger partial charge is 0.399 e. The first-order valence-electron chi connectivity index (χ1n) is 20.3. The van der Waals surface area contributed by atoms with Crippen LogP contribution in [0.4, 0.5) is 5.69 Å². The highest BCUT2D eigenvalue weighted by Gasteiger charge is 2.17. The number of nitrogen functional groups attached to an aromatic ring is 1. The molecule has 60 heavy (non-hydrogen) atoms. The topological polar surface area (TPSA) is 26.0 Å². The van der Waals surface area contributed by atoms with E-state index in [0.717, 1.165) is 23.0 Å². The zero-order chi connectivity index (χ0) is 41.1. The minimum Gasteiger partial charge on any atom is -0.399 e. The normalized spacial score (nSPS) is 10.9. The van der Waals surface area contributed by atoms with E-state index in [9.17, 15) is 0 Å². The first-order chi connectivity index (χ1) is 29.5. The van der Waals surface area contributed by atoms with E-state index >= 15 is 0 Å². The van der Waals surface area contributed by atoms with Gasteiger partial charge in [0.2, 0.25) is 0 Å². The lowest BCUT2D eigenvalue weighted by Crippen LogP contribution is -1.91. The molecule has 0 unspecified atom stereocenters. The molecule has 0 aliphatic heterocycles. The lowest BCUT2D eigenvalue weighted by Gasteiger charge is -2.07. The van der Waals surface area contributed by atoms with Gasteiger partial charge in [0.15, 0.2) is 0 Å². The van der Waals surface area contributed by atoms with Gasteiger partial charge in [0.1, 0.15) is 0 Å². The Morgan fingerprint density at radius 1 is 0.433 bits per heavy atom. The molecule has 1 aromatic heterocycles. The first-order valence-corrected chi connectivity index (χ1v) is 21.9. The monoisotopic (exact) mass is 855 g/mol. The number of rotatable bonds is 4. The van der Waals surface area contributed by atoms with Crippen LogP contribution in [0.5, 0.6) is 0 Å². The van der Waals surface area contributed by atoms with Crippen molar-refractivity contribution in [2.45, 2.75) is 19.8 Å². The standard InChI is InChI=1S/C26H20.C12H7BrS.C12H11N.C7H8/c1-2-6-21(7-3-1)22-13-10-19(11-14-22)16-20-12-15-26-24(17-20)18-23-8-4-5-9-25(23)26;13-8-5-6-10-9-3-1-2-4-11(9)14-12(10)7-8;13-12-8-6-11(7-9-12)10-4-2-1-3-5-10;1-7-5-3-2-4-6-7/h1-15,17H,16,18H2;1-7H;1-9H,13H2;2-6H,1H3. The molecule has 1 aliphatic rings. The summed E-state index contributed by atoms with van der Waals surface area (Å²) in [5.41, 5.74) is 21.2. The quantitative estimate of drug-likeness (QED) is 0.175. The fourth-order valence-electron chi connectivity index (χ4n) is 7.53. The minimum absolute atomic E-state index is 0.805. The van der Waals surface area contributed by atoms with Crippen molar-refractivity contribution in [2.24, 2.45) is 0 Å². The second kappa shape index (κ2) is 19.5. The molecule has 0 amide bonds. The molecule has 0 saturated carbocycles. The highest BCUT2D eigenvalue weighted by atomic mass is 79.9. The third-order valence-electron chi connectivity index (χ3n) is 10.6. The summed E-state index contributed by atoms with van der Waals surface area (Å²) in [5, 5.41) is 2.72. The fourth-order valence-corrected chi connectivity index (χ4v) is 9.19. The summed E-state index contributed by atoms with van der Waals surface area (Å²) >= 11 is 5.34. The van der Waals surface area contributed by atoms with Crippen LogP contribution < -0.4 is 5.73 Å². The molecule has 0 saturated heterocycles. The van der Waals surface area contributed by atoms with Crippen molar-refractivity contribution in [1.29, 1.82) is 0 Å². The Balaban J connectivity index is 0.000000124. The van der Waals surface area contributed by atoms with Gasteiger partial charge in [-0.3, -0.25) is 0 Å². The number of fused-ring (bicyclic) bond motifs is 6. The van der Waals surface area contributed by atoms with E-state index in [1.165, 1.54) is 81.4 Å². The zero-order valence-corrected chi connectivity index (χ0v) is 36.0. The van der Waals surface area contributed by atoms with E-state index in [4.69, 9.17) is 5.73 Å². The Hall–Kier alpha value is -6.52. The summed E-state index contributed by atoms with van der Waals surface area (Å²) in [6, 6.07) is 78.7. The molecule has 3 heteroatoms. The maximum Gasteiger partial charge on any atom is 0.0366 e. The van der Waals surface area contributed by atoms with Gasteiger partial charge in [-0.2, -0.15) is 0 Å². The van der Waals surface area contributed by atoms with Gasteiger partial charge >= 0.3 is 0 Å². The number of nitrogens with two attached hydrogens (primary N) is 1. The molecule has 292 valence electrons. The van der Waals surface area contributed by atoms with E-state index in [2.05, 4.69) is 187 Å². The second-order valence-electron chi connectivity index (χ2n) is 14.9. The van der Waals surface area contributed by atoms with Crippen LogP contribution in [0.15, 0.2) is 229 Å². The molecule has 1 nitrogen and oxygen atoms in total. The fraction of sp³-hybridized carbons (Fsp3) is 0.0526. The van der Waals surface area contributed by atoms with Crippen molar-refractivity contribution in [2.75, 3.05) is 5.73 Å². The maximum atomic E-state index is 5.60. The first kappa shape index (κ1) is 40.3. The highest BCUT2D eigenvalue weighted by molar-refractivity contribution is 9.10. The van der Waals surface area contributed by atoms with E-state index < -0.39 is 0 Å². The average molecular weight is 857 g/mol. The predicted octanol–water partition coefficient (Wildman–Crippen LogP) is 16.3. The Kier molecular flexibility index (Phi) is 13.1. The molecule has 1 aliphatic carbocycles. The minimum atomic E-state index is 0.805. The van der Waals surface area contributed by atoms with Crippen LogP contribution in [-0.2, 0) is 12.8 Å². The number of thiophene rings is 1. The van der Waals surface area contributed by atoms with E-state index in [0.29, 0.717) is 0 Å². The molecule has 0 fully saturated rings.